The van der Waals surface area contributed by atoms with Gasteiger partial charge < -0.3 is 10.2 Å². The van der Waals surface area contributed by atoms with Gasteiger partial charge in [-0.3, -0.25) is 9.69 Å². The zero-order chi connectivity index (χ0) is 16.9. The third-order valence-corrected chi connectivity index (χ3v) is 5.07. The van der Waals surface area contributed by atoms with Gasteiger partial charge in [-0.2, -0.15) is 0 Å². The largest absolute Gasteiger partial charge is 0.351 e. The molecule has 1 fully saturated rings. The third-order valence-electron chi connectivity index (χ3n) is 5.07. The molecule has 1 amide bonds. The number of hydrogen-bond donors (Lipinski definition) is 1. The second kappa shape index (κ2) is 7.95. The Morgan fingerprint density at radius 1 is 1.17 bits per heavy atom. The highest BCUT2D eigenvalue weighted by Crippen LogP contribution is 2.23. The molecule has 24 heavy (non-hydrogen) atoms. The molecule has 2 atom stereocenters. The first-order valence-electron chi connectivity index (χ1n) is 8.98. The van der Waals surface area contributed by atoms with Gasteiger partial charge in [-0.1, -0.05) is 42.5 Å². The lowest BCUT2D eigenvalue weighted by Gasteiger charge is -2.24. The number of carbonyl (C=O) groups is 1. The number of benzene rings is 1. The van der Waals surface area contributed by atoms with E-state index in [4.69, 9.17) is 0 Å². The summed E-state index contributed by atoms with van der Waals surface area (Å²) in [4.78, 5) is 17.2. The van der Waals surface area contributed by atoms with E-state index in [0.29, 0.717) is 5.92 Å². The molecule has 0 bridgehead atoms. The Bertz CT molecular complexity index is 562. The summed E-state index contributed by atoms with van der Waals surface area (Å²) in [5.74, 6) is 0.866. The highest BCUT2D eigenvalue weighted by Gasteiger charge is 2.35. The number of rotatable bonds is 6. The van der Waals surface area contributed by atoms with Crippen molar-refractivity contribution < 1.29 is 4.79 Å². The van der Waals surface area contributed by atoms with Crippen LogP contribution >= 0.6 is 0 Å². The Morgan fingerprint density at radius 3 is 2.54 bits per heavy atom. The molecule has 1 heterocycles. The van der Waals surface area contributed by atoms with Crippen LogP contribution < -0.4 is 5.32 Å². The van der Waals surface area contributed by atoms with Crippen LogP contribution in [0.1, 0.15) is 18.4 Å². The maximum absolute atomic E-state index is 12.5. The van der Waals surface area contributed by atoms with Crippen molar-refractivity contribution in [3.8, 4) is 0 Å². The molecule has 0 spiro atoms. The topological polar surface area (TPSA) is 35.6 Å². The molecule has 0 unspecified atom stereocenters. The number of likely N-dealkylation sites (tertiary alicyclic amines) is 1. The second-order valence-electron chi connectivity index (χ2n) is 7.46. The molecule has 0 aromatic heterocycles. The molecule has 130 valence electrons. The summed E-state index contributed by atoms with van der Waals surface area (Å²) < 4.78 is 0. The van der Waals surface area contributed by atoms with E-state index in [-0.39, 0.29) is 17.9 Å². The minimum atomic E-state index is 0.146. The Morgan fingerprint density at radius 2 is 1.88 bits per heavy atom. The van der Waals surface area contributed by atoms with Crippen LogP contribution in [0.4, 0.5) is 0 Å². The highest BCUT2D eigenvalue weighted by atomic mass is 16.2. The van der Waals surface area contributed by atoms with Crippen LogP contribution in [0.2, 0.25) is 0 Å². The number of amides is 1. The van der Waals surface area contributed by atoms with Crippen molar-refractivity contribution >= 4 is 5.91 Å². The molecule has 4 nitrogen and oxygen atoms in total. The molecule has 0 radical (unpaired) electrons. The van der Waals surface area contributed by atoms with Crippen LogP contribution in [-0.4, -0.2) is 55.5 Å². The summed E-state index contributed by atoms with van der Waals surface area (Å²) in [6.45, 7) is 3.96. The fourth-order valence-corrected chi connectivity index (χ4v) is 3.88. The van der Waals surface area contributed by atoms with Gasteiger partial charge in [0.25, 0.3) is 0 Å². The van der Waals surface area contributed by atoms with Crippen LogP contribution in [0.5, 0.6) is 0 Å². The van der Waals surface area contributed by atoms with Gasteiger partial charge in [0.15, 0.2) is 0 Å². The van der Waals surface area contributed by atoms with Gasteiger partial charge in [0.2, 0.25) is 5.91 Å². The first-order valence-corrected chi connectivity index (χ1v) is 8.98. The smallest absolute Gasteiger partial charge is 0.224 e. The maximum Gasteiger partial charge on any atom is 0.224 e. The predicted molar refractivity (Wildman–Crippen MR) is 97.6 cm³/mol. The van der Waals surface area contributed by atoms with E-state index in [0.717, 1.165) is 39.0 Å². The Hall–Kier alpha value is -1.65. The van der Waals surface area contributed by atoms with Gasteiger partial charge >= 0.3 is 0 Å². The van der Waals surface area contributed by atoms with Crippen LogP contribution in [0.15, 0.2) is 42.5 Å². The maximum atomic E-state index is 12.5. The standard InChI is InChI=1S/C20H29N3O/c1-22(2)13-18-14-23(12-16-8-4-3-5-9-16)15-19(18)21-20(24)17-10-6-7-11-17/h3-9,17-19H,10-15H2,1-2H3,(H,21,24)/t18-,19-/m1/s1. The molecule has 1 aliphatic carbocycles. The Balaban J connectivity index is 1.60. The van der Waals surface area contributed by atoms with Gasteiger partial charge in [-0.25, -0.2) is 0 Å². The van der Waals surface area contributed by atoms with Gasteiger partial charge in [-0.05, 0) is 32.5 Å². The summed E-state index contributed by atoms with van der Waals surface area (Å²) in [6, 6.07) is 10.9. The molecule has 1 aromatic carbocycles. The minimum absolute atomic E-state index is 0.146. The van der Waals surface area contributed by atoms with E-state index >= 15 is 0 Å². The summed E-state index contributed by atoms with van der Waals surface area (Å²) in [7, 11) is 4.22. The lowest BCUT2D eigenvalue weighted by molar-refractivity contribution is -0.125. The number of nitrogens with one attached hydrogen (secondary N) is 1. The number of allylic oxidation sites excluding steroid dienone is 2. The predicted octanol–water partition coefficient (Wildman–Crippen LogP) is 2.13. The molecule has 0 saturated carbocycles. The first-order chi connectivity index (χ1) is 11.6. The van der Waals surface area contributed by atoms with Crippen molar-refractivity contribution in [1.29, 1.82) is 0 Å². The number of nitrogens with zero attached hydrogens (tertiary/aromatic N) is 2. The van der Waals surface area contributed by atoms with Crippen molar-refractivity contribution in [3.63, 3.8) is 0 Å². The summed E-state index contributed by atoms with van der Waals surface area (Å²) >= 11 is 0. The molecule has 2 aliphatic rings. The summed E-state index contributed by atoms with van der Waals surface area (Å²) in [6.07, 6.45) is 6.03. The van der Waals surface area contributed by atoms with Crippen LogP contribution in [0.25, 0.3) is 0 Å². The van der Waals surface area contributed by atoms with E-state index in [9.17, 15) is 4.79 Å². The van der Waals surface area contributed by atoms with Gasteiger partial charge in [0.1, 0.15) is 0 Å². The van der Waals surface area contributed by atoms with Crippen molar-refractivity contribution in [1.82, 2.24) is 15.1 Å². The van der Waals surface area contributed by atoms with Gasteiger partial charge in [-0.15, -0.1) is 0 Å². The highest BCUT2D eigenvalue weighted by molar-refractivity contribution is 5.79. The van der Waals surface area contributed by atoms with Crippen molar-refractivity contribution in [2.75, 3.05) is 33.7 Å². The molecule has 4 heteroatoms. The van der Waals surface area contributed by atoms with Crippen molar-refractivity contribution in [3.05, 3.63) is 48.0 Å². The normalized spacial score (nSPS) is 24.8. The van der Waals surface area contributed by atoms with E-state index in [2.05, 4.69) is 71.7 Å². The Labute approximate surface area is 145 Å². The molecule has 1 aliphatic heterocycles. The van der Waals surface area contributed by atoms with Gasteiger partial charge in [0.05, 0.1) is 0 Å². The minimum Gasteiger partial charge on any atom is -0.351 e. The van der Waals surface area contributed by atoms with E-state index in [1.54, 1.807) is 0 Å². The first kappa shape index (κ1) is 17.2. The fraction of sp³-hybridized carbons (Fsp3) is 0.550. The SMILES string of the molecule is CN(C)C[C@@H]1CN(Cc2ccccc2)C[C@H]1NC(=O)C1CC=CC1. The average molecular weight is 327 g/mol. The molecule has 1 saturated heterocycles. The Kier molecular flexibility index (Phi) is 5.69. The second-order valence-corrected chi connectivity index (χ2v) is 7.46. The zero-order valence-corrected chi connectivity index (χ0v) is 14.8. The molecular weight excluding hydrogens is 298 g/mol. The van der Waals surface area contributed by atoms with Crippen LogP contribution in [0, 0.1) is 11.8 Å². The lowest BCUT2D eigenvalue weighted by Crippen LogP contribution is -2.45. The lowest BCUT2D eigenvalue weighted by atomic mass is 10.0. The number of carbonyl (C=O) groups excluding carboxylic acids is 1. The molecule has 1 N–H and O–H groups in total. The average Bonchev–Trinajstić information content (AvgIpc) is 3.19. The quantitative estimate of drug-likeness (QED) is 0.813. The summed E-state index contributed by atoms with van der Waals surface area (Å²) in [5.41, 5.74) is 1.34. The zero-order valence-electron chi connectivity index (χ0n) is 14.8. The monoisotopic (exact) mass is 327 g/mol. The van der Waals surface area contributed by atoms with Crippen LogP contribution in [0.3, 0.4) is 0 Å². The van der Waals surface area contributed by atoms with E-state index < -0.39 is 0 Å². The number of hydrogen-bond acceptors (Lipinski definition) is 3. The van der Waals surface area contributed by atoms with Crippen molar-refractivity contribution in [2.45, 2.75) is 25.4 Å². The fourth-order valence-electron chi connectivity index (χ4n) is 3.88. The molecule has 1 aromatic rings. The van der Waals surface area contributed by atoms with Crippen molar-refractivity contribution in [2.24, 2.45) is 11.8 Å². The summed E-state index contributed by atoms with van der Waals surface area (Å²) in [5, 5.41) is 3.34. The third kappa shape index (κ3) is 4.46. The van der Waals surface area contributed by atoms with Crippen LogP contribution in [-0.2, 0) is 11.3 Å². The van der Waals surface area contributed by atoms with E-state index in [1.165, 1.54) is 5.56 Å². The molecule has 3 rings (SSSR count). The van der Waals surface area contributed by atoms with Gasteiger partial charge in [0, 0.05) is 44.1 Å². The van der Waals surface area contributed by atoms with E-state index in [1.807, 2.05) is 0 Å². The molecular formula is C20H29N3O.